The second-order valence-electron chi connectivity index (χ2n) is 5.33. The molecule has 2 aromatic heterocycles. The summed E-state index contributed by atoms with van der Waals surface area (Å²) in [5.74, 6) is 1.11. The summed E-state index contributed by atoms with van der Waals surface area (Å²) in [6.07, 6.45) is 1.55. The van der Waals surface area contributed by atoms with Crippen LogP contribution in [0, 0.1) is 0 Å². The molecule has 0 atom stereocenters. The van der Waals surface area contributed by atoms with Crippen LogP contribution in [0.4, 0.5) is 5.69 Å². The molecule has 0 unspecified atom stereocenters. The normalized spacial score (nSPS) is 11.7. The van der Waals surface area contributed by atoms with Crippen LogP contribution in [0.1, 0.15) is 0 Å². The standard InChI is InChI=1S/C17H12ClN3O3S/c18-12-4-1-2-5-13(12)21-25(22,23)11-7-8-14-15(10-11)20-17(19-14)16-6-3-9-24-16/h1-10,21H,(H,19,20). The Morgan fingerprint density at radius 3 is 2.68 bits per heavy atom. The number of hydrogen-bond donors (Lipinski definition) is 2. The largest absolute Gasteiger partial charge is 0.461 e. The number of imidazole rings is 1. The number of aromatic amines is 1. The van der Waals surface area contributed by atoms with E-state index in [9.17, 15) is 8.42 Å². The van der Waals surface area contributed by atoms with Crippen molar-refractivity contribution >= 4 is 38.3 Å². The summed E-state index contributed by atoms with van der Waals surface area (Å²) in [5.41, 5.74) is 1.55. The van der Waals surface area contributed by atoms with Gasteiger partial charge in [-0.1, -0.05) is 23.7 Å². The summed E-state index contributed by atoms with van der Waals surface area (Å²) >= 11 is 6.02. The van der Waals surface area contributed by atoms with E-state index in [4.69, 9.17) is 16.0 Å². The summed E-state index contributed by atoms with van der Waals surface area (Å²) in [6, 6.07) is 14.8. The molecule has 0 bridgehead atoms. The molecule has 0 saturated heterocycles. The average Bonchev–Trinajstić information content (AvgIpc) is 3.25. The number of nitrogens with zero attached hydrogens (tertiary/aromatic N) is 1. The van der Waals surface area contributed by atoms with Gasteiger partial charge in [0.1, 0.15) is 0 Å². The molecule has 4 rings (SSSR count). The number of sulfonamides is 1. The van der Waals surface area contributed by atoms with E-state index < -0.39 is 10.0 Å². The first-order chi connectivity index (χ1) is 12.0. The molecule has 0 saturated carbocycles. The maximum atomic E-state index is 12.6. The molecule has 0 amide bonds. The lowest BCUT2D eigenvalue weighted by Crippen LogP contribution is -2.13. The van der Waals surface area contributed by atoms with Gasteiger partial charge in [-0.3, -0.25) is 4.72 Å². The highest BCUT2D eigenvalue weighted by Gasteiger charge is 2.17. The highest BCUT2D eigenvalue weighted by Crippen LogP contribution is 2.26. The van der Waals surface area contributed by atoms with Crippen molar-refractivity contribution in [2.24, 2.45) is 0 Å². The minimum atomic E-state index is -3.78. The van der Waals surface area contributed by atoms with Crippen molar-refractivity contribution < 1.29 is 12.8 Å². The lowest BCUT2D eigenvalue weighted by molar-refractivity contribution is 0.578. The van der Waals surface area contributed by atoms with Gasteiger partial charge in [-0.05, 0) is 42.5 Å². The quantitative estimate of drug-likeness (QED) is 0.559. The molecule has 4 aromatic rings. The number of H-pyrrole nitrogens is 1. The van der Waals surface area contributed by atoms with Crippen LogP contribution in [0.25, 0.3) is 22.6 Å². The highest BCUT2D eigenvalue weighted by molar-refractivity contribution is 7.92. The summed E-state index contributed by atoms with van der Waals surface area (Å²) < 4.78 is 33.0. The summed E-state index contributed by atoms with van der Waals surface area (Å²) in [5, 5.41) is 0.326. The van der Waals surface area contributed by atoms with Crippen molar-refractivity contribution in [3.63, 3.8) is 0 Å². The van der Waals surface area contributed by atoms with Gasteiger partial charge in [0.15, 0.2) is 11.6 Å². The predicted octanol–water partition coefficient (Wildman–Crippen LogP) is 4.28. The first-order valence-corrected chi connectivity index (χ1v) is 9.20. The summed E-state index contributed by atoms with van der Waals surface area (Å²) in [7, 11) is -3.78. The fraction of sp³-hybridized carbons (Fsp3) is 0. The number of halogens is 1. The van der Waals surface area contributed by atoms with Crippen LogP contribution in [0.2, 0.25) is 5.02 Å². The third-order valence-electron chi connectivity index (χ3n) is 3.64. The minimum Gasteiger partial charge on any atom is -0.461 e. The molecule has 0 fully saturated rings. The van der Waals surface area contributed by atoms with Gasteiger partial charge in [0.25, 0.3) is 10.0 Å². The number of benzene rings is 2. The van der Waals surface area contributed by atoms with E-state index in [1.807, 2.05) is 0 Å². The van der Waals surface area contributed by atoms with Gasteiger partial charge >= 0.3 is 0 Å². The number of aromatic nitrogens is 2. The third kappa shape index (κ3) is 2.99. The van der Waals surface area contributed by atoms with Crippen molar-refractivity contribution in [1.82, 2.24) is 9.97 Å². The minimum absolute atomic E-state index is 0.0948. The number of furan rings is 1. The fourth-order valence-corrected chi connectivity index (χ4v) is 3.77. The Morgan fingerprint density at radius 1 is 1.08 bits per heavy atom. The monoisotopic (exact) mass is 373 g/mol. The topological polar surface area (TPSA) is 88.0 Å². The zero-order valence-electron chi connectivity index (χ0n) is 12.7. The second-order valence-corrected chi connectivity index (χ2v) is 7.42. The van der Waals surface area contributed by atoms with E-state index >= 15 is 0 Å². The Morgan fingerprint density at radius 2 is 1.92 bits per heavy atom. The first kappa shape index (κ1) is 15.7. The van der Waals surface area contributed by atoms with E-state index in [1.165, 1.54) is 12.1 Å². The van der Waals surface area contributed by atoms with Gasteiger partial charge in [-0.25, -0.2) is 13.4 Å². The van der Waals surface area contributed by atoms with Gasteiger partial charge in [0, 0.05) is 0 Å². The molecule has 2 N–H and O–H groups in total. The van der Waals surface area contributed by atoms with Crippen LogP contribution in [-0.2, 0) is 10.0 Å². The van der Waals surface area contributed by atoms with Gasteiger partial charge < -0.3 is 9.40 Å². The number of fused-ring (bicyclic) bond motifs is 1. The Kier molecular flexibility index (Phi) is 3.74. The lowest BCUT2D eigenvalue weighted by Gasteiger charge is -2.09. The Balaban J connectivity index is 1.72. The lowest BCUT2D eigenvalue weighted by atomic mass is 10.3. The third-order valence-corrected chi connectivity index (χ3v) is 5.33. The molecule has 0 aliphatic heterocycles. The van der Waals surface area contributed by atoms with Crippen LogP contribution in [0.15, 0.2) is 70.2 Å². The highest BCUT2D eigenvalue weighted by atomic mass is 35.5. The predicted molar refractivity (Wildman–Crippen MR) is 96.1 cm³/mol. The molecule has 2 heterocycles. The van der Waals surface area contributed by atoms with Crippen molar-refractivity contribution in [3.8, 4) is 11.6 Å². The van der Waals surface area contributed by atoms with Crippen molar-refractivity contribution in [1.29, 1.82) is 0 Å². The summed E-state index contributed by atoms with van der Waals surface area (Å²) in [4.78, 5) is 7.58. The van der Waals surface area contributed by atoms with Crippen molar-refractivity contribution in [2.45, 2.75) is 4.90 Å². The van der Waals surface area contributed by atoms with Crippen LogP contribution < -0.4 is 4.72 Å². The fourth-order valence-electron chi connectivity index (χ4n) is 2.43. The molecule has 8 heteroatoms. The van der Waals surface area contributed by atoms with E-state index in [1.54, 1.807) is 48.7 Å². The molecule has 25 heavy (non-hydrogen) atoms. The molecule has 0 aliphatic carbocycles. The first-order valence-electron chi connectivity index (χ1n) is 7.34. The average molecular weight is 374 g/mol. The molecular weight excluding hydrogens is 362 g/mol. The van der Waals surface area contributed by atoms with Gasteiger partial charge in [0.2, 0.25) is 0 Å². The van der Waals surface area contributed by atoms with Crippen LogP contribution in [0.5, 0.6) is 0 Å². The van der Waals surface area contributed by atoms with Gasteiger partial charge in [0.05, 0.1) is 32.9 Å². The summed E-state index contributed by atoms with van der Waals surface area (Å²) in [6.45, 7) is 0. The van der Waals surface area contributed by atoms with E-state index in [2.05, 4.69) is 14.7 Å². The van der Waals surface area contributed by atoms with E-state index in [0.29, 0.717) is 33.3 Å². The molecular formula is C17H12ClN3O3S. The van der Waals surface area contributed by atoms with E-state index in [0.717, 1.165) is 0 Å². The zero-order valence-corrected chi connectivity index (χ0v) is 14.3. The zero-order chi connectivity index (χ0) is 17.4. The number of para-hydroxylation sites is 1. The Bertz CT molecular complexity index is 1150. The number of anilines is 1. The smallest absolute Gasteiger partial charge is 0.262 e. The number of hydrogen-bond acceptors (Lipinski definition) is 4. The molecule has 6 nitrogen and oxygen atoms in total. The number of rotatable bonds is 4. The molecule has 0 radical (unpaired) electrons. The molecule has 0 aliphatic rings. The molecule has 2 aromatic carbocycles. The molecule has 126 valence electrons. The number of nitrogens with one attached hydrogen (secondary N) is 2. The second kappa shape index (κ2) is 5.94. The Hall–Kier alpha value is -2.77. The van der Waals surface area contributed by atoms with Crippen LogP contribution in [-0.4, -0.2) is 18.4 Å². The van der Waals surface area contributed by atoms with E-state index in [-0.39, 0.29) is 4.90 Å². The van der Waals surface area contributed by atoms with Crippen LogP contribution in [0.3, 0.4) is 0 Å². The van der Waals surface area contributed by atoms with Crippen molar-refractivity contribution in [3.05, 3.63) is 65.9 Å². The maximum Gasteiger partial charge on any atom is 0.262 e. The Labute approximate surface area is 148 Å². The van der Waals surface area contributed by atoms with Gasteiger partial charge in [-0.2, -0.15) is 0 Å². The maximum absolute atomic E-state index is 12.6. The molecule has 0 spiro atoms. The van der Waals surface area contributed by atoms with Crippen LogP contribution >= 0.6 is 11.6 Å². The van der Waals surface area contributed by atoms with Crippen molar-refractivity contribution in [2.75, 3.05) is 4.72 Å². The van der Waals surface area contributed by atoms with Gasteiger partial charge in [-0.15, -0.1) is 0 Å². The SMILES string of the molecule is O=S(=O)(Nc1ccccc1Cl)c1ccc2[nH]c(-c3ccco3)nc2c1.